The summed E-state index contributed by atoms with van der Waals surface area (Å²) < 4.78 is 5.12. The van der Waals surface area contributed by atoms with Gasteiger partial charge < -0.3 is 15.8 Å². The van der Waals surface area contributed by atoms with Crippen LogP contribution >= 0.6 is 0 Å². The second-order valence-corrected chi connectivity index (χ2v) is 4.77. The van der Waals surface area contributed by atoms with Gasteiger partial charge in [-0.1, -0.05) is 6.42 Å². The van der Waals surface area contributed by atoms with Gasteiger partial charge in [-0.3, -0.25) is 4.79 Å². The van der Waals surface area contributed by atoms with Crippen LogP contribution in [0.15, 0.2) is 0 Å². The molecule has 4 heteroatoms. The second kappa shape index (κ2) is 6.86. The number of ether oxygens (including phenoxy) is 1. The highest BCUT2D eigenvalue weighted by atomic mass is 16.5. The Morgan fingerprint density at radius 2 is 2.25 bits per heavy atom. The first-order valence-electron chi connectivity index (χ1n) is 6.18. The Labute approximate surface area is 97.9 Å². The van der Waals surface area contributed by atoms with E-state index in [4.69, 9.17) is 10.5 Å². The van der Waals surface area contributed by atoms with Gasteiger partial charge >= 0.3 is 0 Å². The topological polar surface area (TPSA) is 64.3 Å². The van der Waals surface area contributed by atoms with E-state index in [9.17, 15) is 4.79 Å². The minimum atomic E-state index is 0.133. The summed E-state index contributed by atoms with van der Waals surface area (Å²) in [4.78, 5) is 11.5. The van der Waals surface area contributed by atoms with Crippen molar-refractivity contribution in [2.75, 3.05) is 26.8 Å². The zero-order valence-corrected chi connectivity index (χ0v) is 10.3. The standard InChI is InChI=1S/C12H24N2O2/c1-16-9-7-12(5-3-6-12)10-14-11(15)4-2-8-13/h2-10,13H2,1H3,(H,14,15). The minimum Gasteiger partial charge on any atom is -0.385 e. The molecule has 1 fully saturated rings. The maximum atomic E-state index is 11.5. The van der Waals surface area contributed by atoms with Crippen molar-refractivity contribution >= 4 is 5.91 Å². The smallest absolute Gasteiger partial charge is 0.220 e. The number of hydrogen-bond donors (Lipinski definition) is 2. The quantitative estimate of drug-likeness (QED) is 0.652. The number of carbonyl (C=O) groups is 1. The van der Waals surface area contributed by atoms with E-state index in [1.54, 1.807) is 7.11 Å². The van der Waals surface area contributed by atoms with Crippen molar-refractivity contribution in [3.8, 4) is 0 Å². The Balaban J connectivity index is 2.20. The van der Waals surface area contributed by atoms with E-state index >= 15 is 0 Å². The van der Waals surface area contributed by atoms with Gasteiger partial charge in [0.05, 0.1) is 0 Å². The maximum absolute atomic E-state index is 11.5. The van der Waals surface area contributed by atoms with Crippen LogP contribution in [0, 0.1) is 5.41 Å². The molecule has 94 valence electrons. The fourth-order valence-electron chi connectivity index (χ4n) is 2.15. The first-order valence-corrected chi connectivity index (χ1v) is 6.18. The molecule has 0 aromatic rings. The molecule has 0 aromatic carbocycles. The third kappa shape index (κ3) is 4.10. The number of nitrogens with two attached hydrogens (primary N) is 1. The fraction of sp³-hybridized carbons (Fsp3) is 0.917. The molecule has 0 radical (unpaired) electrons. The maximum Gasteiger partial charge on any atom is 0.220 e. The number of amides is 1. The molecule has 1 aliphatic rings. The Bertz CT molecular complexity index is 215. The number of nitrogens with one attached hydrogen (secondary N) is 1. The highest BCUT2D eigenvalue weighted by Gasteiger charge is 2.36. The highest BCUT2D eigenvalue weighted by Crippen LogP contribution is 2.43. The second-order valence-electron chi connectivity index (χ2n) is 4.77. The predicted octanol–water partition coefficient (Wildman–Crippen LogP) is 1.05. The summed E-state index contributed by atoms with van der Waals surface area (Å²) in [5, 5.41) is 3.02. The molecule has 1 rings (SSSR count). The van der Waals surface area contributed by atoms with Crippen molar-refractivity contribution in [1.82, 2.24) is 5.32 Å². The molecule has 1 aliphatic carbocycles. The van der Waals surface area contributed by atoms with Gasteiger partial charge in [0, 0.05) is 26.7 Å². The van der Waals surface area contributed by atoms with Crippen LogP contribution in [0.1, 0.15) is 38.5 Å². The Morgan fingerprint density at radius 1 is 1.50 bits per heavy atom. The lowest BCUT2D eigenvalue weighted by Crippen LogP contribution is -2.42. The summed E-state index contributed by atoms with van der Waals surface area (Å²) in [5.41, 5.74) is 5.68. The normalized spacial score (nSPS) is 17.9. The summed E-state index contributed by atoms with van der Waals surface area (Å²) in [6.07, 6.45) is 6.10. The van der Waals surface area contributed by atoms with E-state index in [0.717, 1.165) is 26.0 Å². The van der Waals surface area contributed by atoms with Gasteiger partial charge in [-0.25, -0.2) is 0 Å². The lowest BCUT2D eigenvalue weighted by molar-refractivity contribution is -0.122. The van der Waals surface area contributed by atoms with Crippen molar-refractivity contribution in [2.45, 2.75) is 38.5 Å². The average molecular weight is 228 g/mol. The zero-order chi connectivity index (χ0) is 11.9. The Hall–Kier alpha value is -0.610. The monoisotopic (exact) mass is 228 g/mol. The van der Waals surface area contributed by atoms with E-state index in [-0.39, 0.29) is 5.91 Å². The molecule has 3 N–H and O–H groups in total. The summed E-state index contributed by atoms with van der Waals surface area (Å²) in [7, 11) is 1.73. The fourth-order valence-corrected chi connectivity index (χ4v) is 2.15. The molecule has 0 bridgehead atoms. The predicted molar refractivity (Wildman–Crippen MR) is 64.1 cm³/mol. The van der Waals surface area contributed by atoms with Gasteiger partial charge in [0.1, 0.15) is 0 Å². The first-order chi connectivity index (χ1) is 7.72. The van der Waals surface area contributed by atoms with Crippen LogP contribution in [-0.4, -0.2) is 32.7 Å². The largest absolute Gasteiger partial charge is 0.385 e. The van der Waals surface area contributed by atoms with E-state index in [1.165, 1.54) is 19.3 Å². The van der Waals surface area contributed by atoms with Gasteiger partial charge in [0.15, 0.2) is 0 Å². The van der Waals surface area contributed by atoms with Crippen molar-refractivity contribution in [2.24, 2.45) is 11.1 Å². The van der Waals surface area contributed by atoms with Crippen LogP contribution in [-0.2, 0) is 9.53 Å². The molecule has 0 aromatic heterocycles. The Morgan fingerprint density at radius 3 is 2.75 bits per heavy atom. The van der Waals surface area contributed by atoms with Crippen molar-refractivity contribution in [3.05, 3.63) is 0 Å². The third-order valence-electron chi connectivity index (χ3n) is 3.52. The zero-order valence-electron chi connectivity index (χ0n) is 10.3. The van der Waals surface area contributed by atoms with Crippen LogP contribution < -0.4 is 11.1 Å². The van der Waals surface area contributed by atoms with E-state index in [0.29, 0.717) is 18.4 Å². The molecule has 1 saturated carbocycles. The molecule has 16 heavy (non-hydrogen) atoms. The van der Waals surface area contributed by atoms with Crippen LogP contribution in [0.5, 0.6) is 0 Å². The molecular weight excluding hydrogens is 204 g/mol. The van der Waals surface area contributed by atoms with Crippen molar-refractivity contribution < 1.29 is 9.53 Å². The summed E-state index contributed by atoms with van der Waals surface area (Å²) in [5.74, 6) is 0.133. The van der Waals surface area contributed by atoms with Crippen LogP contribution in [0.3, 0.4) is 0 Å². The highest BCUT2D eigenvalue weighted by molar-refractivity contribution is 5.75. The number of hydrogen-bond acceptors (Lipinski definition) is 3. The van der Waals surface area contributed by atoms with Crippen molar-refractivity contribution in [1.29, 1.82) is 0 Å². The van der Waals surface area contributed by atoms with Crippen LogP contribution in [0.4, 0.5) is 0 Å². The average Bonchev–Trinajstić information content (AvgIpc) is 2.24. The lowest BCUT2D eigenvalue weighted by atomic mass is 9.67. The van der Waals surface area contributed by atoms with E-state index < -0.39 is 0 Å². The molecule has 0 unspecified atom stereocenters. The molecular formula is C12H24N2O2. The number of methoxy groups -OCH3 is 1. The molecule has 0 atom stereocenters. The van der Waals surface area contributed by atoms with Gasteiger partial charge in [-0.2, -0.15) is 0 Å². The Kier molecular flexibility index (Phi) is 5.77. The SMILES string of the molecule is COCCC1(CNC(=O)CCCN)CCC1. The van der Waals surface area contributed by atoms with Gasteiger partial charge in [0.2, 0.25) is 5.91 Å². The van der Waals surface area contributed by atoms with Gasteiger partial charge in [-0.05, 0) is 37.6 Å². The van der Waals surface area contributed by atoms with Gasteiger partial charge in [-0.15, -0.1) is 0 Å². The molecule has 1 amide bonds. The lowest BCUT2D eigenvalue weighted by Gasteiger charge is -2.42. The first kappa shape index (κ1) is 13.5. The van der Waals surface area contributed by atoms with Crippen LogP contribution in [0.25, 0.3) is 0 Å². The number of rotatable bonds is 8. The third-order valence-corrected chi connectivity index (χ3v) is 3.52. The molecule has 4 nitrogen and oxygen atoms in total. The van der Waals surface area contributed by atoms with E-state index in [2.05, 4.69) is 5.32 Å². The summed E-state index contributed by atoms with van der Waals surface area (Å²) >= 11 is 0. The molecule has 0 heterocycles. The molecule has 0 spiro atoms. The molecule has 0 aliphatic heterocycles. The summed E-state index contributed by atoms with van der Waals surface area (Å²) in [6, 6.07) is 0. The van der Waals surface area contributed by atoms with E-state index in [1.807, 2.05) is 0 Å². The van der Waals surface area contributed by atoms with Crippen LogP contribution in [0.2, 0.25) is 0 Å². The minimum absolute atomic E-state index is 0.133. The summed E-state index contributed by atoms with van der Waals surface area (Å²) in [6.45, 7) is 2.18. The molecule has 0 saturated heterocycles. The number of carbonyl (C=O) groups excluding carboxylic acids is 1. The van der Waals surface area contributed by atoms with Gasteiger partial charge in [0.25, 0.3) is 0 Å². The van der Waals surface area contributed by atoms with Crippen molar-refractivity contribution in [3.63, 3.8) is 0 Å².